The number of hydrogen-bond acceptors (Lipinski definition) is 9. The predicted octanol–water partition coefficient (Wildman–Crippen LogP) is 5.78. The Kier molecular flexibility index (Phi) is 8.56. The normalized spacial score (nSPS) is 51.1. The van der Waals surface area contributed by atoms with Gasteiger partial charge in [-0.3, -0.25) is 14.6 Å². The highest BCUT2D eigenvalue weighted by Crippen LogP contribution is 2.89. The minimum absolute atomic E-state index is 0.0466. The molecule has 6 saturated carbocycles. The zero-order valence-corrected chi connectivity index (χ0v) is 33.6. The Morgan fingerprint density at radius 1 is 0.923 bits per heavy atom. The third kappa shape index (κ3) is 5.00. The number of morpholine rings is 1. The molecule has 9 aliphatic rings. The fraction of sp³-hybridized carbons (Fsp3) is 0.977. The van der Waals surface area contributed by atoms with Gasteiger partial charge in [-0.2, -0.15) is 0 Å². The molecule has 9 rings (SSSR count). The van der Waals surface area contributed by atoms with E-state index in [0.717, 1.165) is 45.0 Å². The smallest absolute Gasteiger partial charge is 0.303 e. The van der Waals surface area contributed by atoms with E-state index in [1.165, 1.54) is 65.0 Å². The highest BCUT2D eigenvalue weighted by molar-refractivity contribution is 5.66. The van der Waals surface area contributed by atoms with Gasteiger partial charge in [0.2, 0.25) is 0 Å². The largest absolute Gasteiger partial charge is 0.457 e. The van der Waals surface area contributed by atoms with Gasteiger partial charge in [0.25, 0.3) is 0 Å². The molecule has 3 aliphatic heterocycles. The Morgan fingerprint density at radius 3 is 2.31 bits per heavy atom. The molecule has 5 unspecified atom stereocenters. The number of aliphatic hydroxyl groups is 2. The average molecular weight is 727 g/mol. The summed E-state index contributed by atoms with van der Waals surface area (Å²) >= 11 is 0. The maximum atomic E-state index is 12.6. The van der Waals surface area contributed by atoms with Gasteiger partial charge in [-0.25, -0.2) is 0 Å². The minimum atomic E-state index is -1.25. The van der Waals surface area contributed by atoms with Crippen LogP contribution in [0.3, 0.4) is 0 Å². The first-order valence-electron chi connectivity index (χ1n) is 21.4. The van der Waals surface area contributed by atoms with E-state index in [2.05, 4.69) is 44.4 Å². The number of carbonyl (C=O) groups excluding carboxylic acids is 1. The molecular weight excluding hydrogens is 656 g/mol. The van der Waals surface area contributed by atoms with Crippen molar-refractivity contribution in [3.63, 3.8) is 0 Å². The first-order valence-corrected chi connectivity index (χ1v) is 21.4. The summed E-state index contributed by atoms with van der Waals surface area (Å²) in [7, 11) is 0. The monoisotopic (exact) mass is 727 g/mol. The zero-order chi connectivity index (χ0) is 36.8. The van der Waals surface area contributed by atoms with Crippen LogP contribution in [0.2, 0.25) is 0 Å². The van der Waals surface area contributed by atoms with Crippen molar-refractivity contribution >= 4 is 5.97 Å². The Labute approximate surface area is 313 Å². The van der Waals surface area contributed by atoms with Gasteiger partial charge in [-0.1, -0.05) is 41.0 Å². The van der Waals surface area contributed by atoms with E-state index in [1.807, 2.05) is 0 Å². The molecule has 9 heteroatoms. The van der Waals surface area contributed by atoms with Gasteiger partial charge in [-0.05, 0) is 123 Å². The molecule has 6 aliphatic carbocycles. The molecule has 2 N–H and O–H groups in total. The Balaban J connectivity index is 0.908. The van der Waals surface area contributed by atoms with Crippen LogP contribution in [0.25, 0.3) is 0 Å². The molecule has 0 radical (unpaired) electrons. The summed E-state index contributed by atoms with van der Waals surface area (Å²) in [5, 5.41) is 23.7. The van der Waals surface area contributed by atoms with E-state index in [1.54, 1.807) is 13.8 Å². The molecular formula is C43H70N2O7. The van der Waals surface area contributed by atoms with Crippen LogP contribution in [0.5, 0.6) is 0 Å². The van der Waals surface area contributed by atoms with E-state index in [-0.39, 0.29) is 52.0 Å². The molecule has 0 aromatic carbocycles. The fourth-order valence-electron chi connectivity index (χ4n) is 15.6. The maximum Gasteiger partial charge on any atom is 0.303 e. The number of likely N-dealkylation sites (tertiary alicyclic amines) is 1. The van der Waals surface area contributed by atoms with Crippen molar-refractivity contribution in [2.75, 3.05) is 32.8 Å². The summed E-state index contributed by atoms with van der Waals surface area (Å²) in [6, 6.07) is 1.50. The molecule has 0 aromatic rings. The van der Waals surface area contributed by atoms with Gasteiger partial charge in [0.05, 0.1) is 36.6 Å². The van der Waals surface area contributed by atoms with Crippen LogP contribution in [-0.4, -0.2) is 113 Å². The number of fused-ring (bicyclic) bond motifs is 4. The summed E-state index contributed by atoms with van der Waals surface area (Å²) < 4.78 is 26.0. The van der Waals surface area contributed by atoms with Gasteiger partial charge < -0.3 is 29.2 Å². The summed E-state index contributed by atoms with van der Waals surface area (Å²) in [5.74, 6) is 1.16. The standard InChI is InChI=1S/C43H70N2O7/c1-25-20-29(37(39(5,6)48)50-26(2)46)51-35-34(25)40(7)16-17-43-24-42(43)15-14-32(38(3,4)30(42)12-13-31(43)41(40,8)36(35)47)52-33-23-44(18-19-49-33)28-21-45(22-28)27-10-9-11-27/h25,27-37,47-48H,9-24H2,1-8H3/t25-,29?,30+,31?,32+,33+,34+,35?,36+,37+,40-,41-,42?,43?/m1/s1. The summed E-state index contributed by atoms with van der Waals surface area (Å²) in [4.78, 5) is 17.5. The second-order valence-corrected chi connectivity index (χ2v) is 21.4. The highest BCUT2D eigenvalue weighted by atomic mass is 16.7. The molecule has 0 bridgehead atoms. The van der Waals surface area contributed by atoms with Gasteiger partial charge >= 0.3 is 5.97 Å². The maximum absolute atomic E-state index is 12.6. The summed E-state index contributed by atoms with van der Waals surface area (Å²) in [6.07, 6.45) is 11.1. The number of ether oxygens (including phenoxy) is 4. The number of aliphatic hydroxyl groups excluding tert-OH is 1. The lowest BCUT2D eigenvalue weighted by Gasteiger charge is -2.64. The molecule has 294 valence electrons. The van der Waals surface area contributed by atoms with Crippen molar-refractivity contribution in [1.82, 2.24) is 9.80 Å². The fourth-order valence-corrected chi connectivity index (χ4v) is 15.6. The average Bonchev–Trinajstić information content (AvgIpc) is 3.66. The summed E-state index contributed by atoms with van der Waals surface area (Å²) in [6.45, 7) is 22.1. The van der Waals surface area contributed by atoms with Crippen LogP contribution in [0, 0.1) is 50.7 Å². The number of hydrogen-bond donors (Lipinski definition) is 2. The van der Waals surface area contributed by atoms with Crippen molar-refractivity contribution < 1.29 is 34.0 Å². The summed E-state index contributed by atoms with van der Waals surface area (Å²) in [5.41, 5.74) is -0.907. The number of rotatable bonds is 7. The second kappa shape index (κ2) is 12.1. The number of carbonyl (C=O) groups is 1. The van der Waals surface area contributed by atoms with Gasteiger partial charge in [-0.15, -0.1) is 0 Å². The highest BCUT2D eigenvalue weighted by Gasteiger charge is 2.84. The van der Waals surface area contributed by atoms with Crippen molar-refractivity contribution in [1.29, 1.82) is 0 Å². The van der Waals surface area contributed by atoms with E-state index in [9.17, 15) is 15.0 Å². The molecule has 9 fully saturated rings. The van der Waals surface area contributed by atoms with Crippen molar-refractivity contribution in [3.05, 3.63) is 0 Å². The molecule has 3 heterocycles. The van der Waals surface area contributed by atoms with E-state index in [4.69, 9.17) is 18.9 Å². The molecule has 2 spiro atoms. The minimum Gasteiger partial charge on any atom is -0.457 e. The Bertz CT molecular complexity index is 1410. The first-order chi connectivity index (χ1) is 24.5. The third-order valence-electron chi connectivity index (χ3n) is 18.5. The zero-order valence-electron chi connectivity index (χ0n) is 33.6. The van der Waals surface area contributed by atoms with Gasteiger partial charge in [0.1, 0.15) is 0 Å². The first kappa shape index (κ1) is 36.8. The van der Waals surface area contributed by atoms with Crippen molar-refractivity contribution in [2.24, 2.45) is 50.7 Å². The van der Waals surface area contributed by atoms with Crippen LogP contribution in [-0.2, 0) is 23.7 Å². The van der Waals surface area contributed by atoms with Gasteiger partial charge in [0, 0.05) is 50.6 Å². The van der Waals surface area contributed by atoms with Crippen LogP contribution < -0.4 is 0 Å². The van der Waals surface area contributed by atoms with E-state index < -0.39 is 29.9 Å². The topological polar surface area (TPSA) is 101 Å². The lowest BCUT2D eigenvalue weighted by Crippen LogP contribution is -2.66. The number of esters is 1. The number of nitrogens with zero attached hydrogens (tertiary/aromatic N) is 2. The molecule has 0 amide bonds. The van der Waals surface area contributed by atoms with Crippen LogP contribution in [0.15, 0.2) is 0 Å². The van der Waals surface area contributed by atoms with Gasteiger partial charge in [0.15, 0.2) is 12.4 Å². The van der Waals surface area contributed by atoms with Crippen LogP contribution in [0.1, 0.15) is 126 Å². The Hall–Kier alpha value is -0.810. The quantitative estimate of drug-likeness (QED) is 0.317. The molecule has 14 atom stereocenters. The second-order valence-electron chi connectivity index (χ2n) is 21.4. The predicted molar refractivity (Wildman–Crippen MR) is 197 cm³/mol. The van der Waals surface area contributed by atoms with E-state index in [0.29, 0.717) is 29.7 Å². The molecule has 0 aromatic heterocycles. The van der Waals surface area contributed by atoms with Crippen LogP contribution in [0.4, 0.5) is 0 Å². The van der Waals surface area contributed by atoms with Crippen LogP contribution >= 0.6 is 0 Å². The lowest BCUT2D eigenvalue weighted by molar-refractivity contribution is -0.254. The van der Waals surface area contributed by atoms with Crippen molar-refractivity contribution in [2.45, 2.75) is 181 Å². The van der Waals surface area contributed by atoms with E-state index >= 15 is 0 Å². The third-order valence-corrected chi connectivity index (χ3v) is 18.5. The van der Waals surface area contributed by atoms with Crippen molar-refractivity contribution in [3.8, 4) is 0 Å². The lowest BCUT2D eigenvalue weighted by atomic mass is 9.41. The SMILES string of the molecule is CC(=O)O[C@@H](C1C[C@@H](C)[C@H]2C(O1)[C@H](O)[C@@]1(C)C3CC[C@H]4C(C)(C)[C@@H](O[C@H]5CN(C6CN(C7CCC7)C6)CCO5)CCC45CC35CC[C@]21C)C(C)(C)O. The molecule has 9 nitrogen and oxygen atoms in total. The molecule has 52 heavy (non-hydrogen) atoms. The Morgan fingerprint density at radius 2 is 1.63 bits per heavy atom. The molecule has 3 saturated heterocycles.